The molecule has 1 aliphatic rings. The topological polar surface area (TPSA) is 64.1 Å². The molecular formula is C15H21N3O2. The first-order chi connectivity index (χ1) is 9.79. The van der Waals surface area contributed by atoms with Crippen molar-refractivity contribution >= 4 is 0 Å². The van der Waals surface area contributed by atoms with Gasteiger partial charge in [-0.1, -0.05) is 19.3 Å². The van der Waals surface area contributed by atoms with Gasteiger partial charge in [-0.05, 0) is 37.8 Å². The summed E-state index contributed by atoms with van der Waals surface area (Å²) in [5, 5.41) is 15.1. The second-order valence-electron chi connectivity index (χ2n) is 5.43. The van der Waals surface area contributed by atoms with Crippen LogP contribution in [0.25, 0.3) is 11.6 Å². The van der Waals surface area contributed by atoms with Crippen LogP contribution in [0.3, 0.4) is 0 Å². The number of aryl methyl sites for hydroxylation is 1. The number of aliphatic hydroxyl groups is 1. The fourth-order valence-corrected chi connectivity index (χ4v) is 2.98. The van der Waals surface area contributed by atoms with Crippen LogP contribution in [0.2, 0.25) is 0 Å². The van der Waals surface area contributed by atoms with E-state index in [4.69, 9.17) is 4.42 Å². The standard InChI is InChI=1S/C15H21N3O2/c1-2-18-15(13(19)11-7-4-3-5-8-11)16-14(17-18)12-9-6-10-20-12/h6,9-11,13,19H,2-5,7-8H2,1H3/t13-/m1/s1. The molecule has 108 valence electrons. The molecule has 1 aliphatic carbocycles. The van der Waals surface area contributed by atoms with Gasteiger partial charge in [0.1, 0.15) is 6.10 Å². The van der Waals surface area contributed by atoms with Crippen molar-refractivity contribution in [1.82, 2.24) is 14.8 Å². The van der Waals surface area contributed by atoms with E-state index in [1.165, 1.54) is 19.3 Å². The Labute approximate surface area is 118 Å². The van der Waals surface area contributed by atoms with E-state index in [-0.39, 0.29) is 0 Å². The lowest BCUT2D eigenvalue weighted by atomic mass is 9.85. The maximum absolute atomic E-state index is 10.6. The lowest BCUT2D eigenvalue weighted by molar-refractivity contribution is 0.0731. The molecule has 3 rings (SSSR count). The minimum Gasteiger partial charge on any atom is -0.461 e. The molecular weight excluding hydrogens is 254 g/mol. The van der Waals surface area contributed by atoms with E-state index in [1.807, 2.05) is 19.1 Å². The summed E-state index contributed by atoms with van der Waals surface area (Å²) in [5.41, 5.74) is 0. The van der Waals surface area contributed by atoms with E-state index < -0.39 is 6.10 Å². The molecule has 0 radical (unpaired) electrons. The number of aromatic nitrogens is 3. The first-order valence-corrected chi connectivity index (χ1v) is 7.46. The van der Waals surface area contributed by atoms with E-state index >= 15 is 0 Å². The van der Waals surface area contributed by atoms with Gasteiger partial charge in [0.2, 0.25) is 5.82 Å². The quantitative estimate of drug-likeness (QED) is 0.930. The number of hydrogen-bond donors (Lipinski definition) is 1. The van der Waals surface area contributed by atoms with Crippen molar-refractivity contribution in [3.63, 3.8) is 0 Å². The van der Waals surface area contributed by atoms with Crippen molar-refractivity contribution in [2.24, 2.45) is 5.92 Å². The lowest BCUT2D eigenvalue weighted by Crippen LogP contribution is -2.20. The van der Waals surface area contributed by atoms with E-state index in [1.54, 1.807) is 10.9 Å². The van der Waals surface area contributed by atoms with Crippen LogP contribution in [-0.4, -0.2) is 19.9 Å². The molecule has 1 atom stereocenters. The highest BCUT2D eigenvalue weighted by molar-refractivity contribution is 5.45. The fourth-order valence-electron chi connectivity index (χ4n) is 2.98. The molecule has 2 aromatic rings. The molecule has 2 aromatic heterocycles. The zero-order valence-corrected chi connectivity index (χ0v) is 11.8. The molecule has 20 heavy (non-hydrogen) atoms. The minimum atomic E-state index is -0.522. The molecule has 5 heteroatoms. The molecule has 1 fully saturated rings. The predicted molar refractivity (Wildman–Crippen MR) is 74.9 cm³/mol. The Hall–Kier alpha value is -1.62. The van der Waals surface area contributed by atoms with Crippen molar-refractivity contribution in [3.05, 3.63) is 24.2 Å². The summed E-state index contributed by atoms with van der Waals surface area (Å²) in [6.45, 7) is 2.71. The molecule has 0 aliphatic heterocycles. The van der Waals surface area contributed by atoms with Gasteiger partial charge in [0.05, 0.1) is 6.26 Å². The van der Waals surface area contributed by atoms with Crippen LogP contribution in [-0.2, 0) is 6.54 Å². The summed E-state index contributed by atoms with van der Waals surface area (Å²) in [4.78, 5) is 4.51. The third kappa shape index (κ3) is 2.50. The molecule has 2 heterocycles. The normalized spacial score (nSPS) is 18.3. The summed E-state index contributed by atoms with van der Waals surface area (Å²) in [6.07, 6.45) is 6.92. The smallest absolute Gasteiger partial charge is 0.217 e. The SMILES string of the molecule is CCn1nc(-c2ccco2)nc1[C@H](O)C1CCCCC1. The number of nitrogens with zero attached hydrogens (tertiary/aromatic N) is 3. The Balaban J connectivity index is 1.87. The highest BCUT2D eigenvalue weighted by Crippen LogP contribution is 2.34. The van der Waals surface area contributed by atoms with Crippen molar-refractivity contribution in [3.8, 4) is 11.6 Å². The zero-order chi connectivity index (χ0) is 13.9. The van der Waals surface area contributed by atoms with E-state index in [9.17, 15) is 5.11 Å². The molecule has 1 saturated carbocycles. The second-order valence-corrected chi connectivity index (χ2v) is 5.43. The van der Waals surface area contributed by atoms with Gasteiger partial charge in [-0.15, -0.1) is 5.10 Å². The maximum atomic E-state index is 10.6. The van der Waals surface area contributed by atoms with E-state index in [0.29, 0.717) is 29.9 Å². The van der Waals surface area contributed by atoms with Crippen LogP contribution in [0.4, 0.5) is 0 Å². The maximum Gasteiger partial charge on any atom is 0.217 e. The Morgan fingerprint density at radius 2 is 2.20 bits per heavy atom. The number of rotatable bonds is 4. The van der Waals surface area contributed by atoms with Gasteiger partial charge >= 0.3 is 0 Å². The molecule has 0 amide bonds. The summed E-state index contributed by atoms with van der Waals surface area (Å²) in [5.74, 6) is 2.18. The molecule has 0 aromatic carbocycles. The molecule has 0 spiro atoms. The van der Waals surface area contributed by atoms with Gasteiger partial charge in [-0.3, -0.25) is 0 Å². The third-order valence-electron chi connectivity index (χ3n) is 4.10. The van der Waals surface area contributed by atoms with Crippen LogP contribution >= 0.6 is 0 Å². The zero-order valence-electron chi connectivity index (χ0n) is 11.8. The predicted octanol–water partition coefficient (Wildman–Crippen LogP) is 3.17. The molecule has 0 bridgehead atoms. The van der Waals surface area contributed by atoms with Crippen LogP contribution in [0, 0.1) is 5.92 Å². The summed E-state index contributed by atoms with van der Waals surface area (Å²) in [7, 11) is 0. The number of aliphatic hydroxyl groups excluding tert-OH is 1. The highest BCUT2D eigenvalue weighted by atomic mass is 16.3. The first kappa shape index (κ1) is 13.4. The van der Waals surface area contributed by atoms with E-state index in [0.717, 1.165) is 12.8 Å². The van der Waals surface area contributed by atoms with Gasteiger partial charge in [0.25, 0.3) is 0 Å². The molecule has 1 N–H and O–H groups in total. The Morgan fingerprint density at radius 3 is 2.85 bits per heavy atom. The van der Waals surface area contributed by atoms with Gasteiger partial charge in [0.15, 0.2) is 11.6 Å². The third-order valence-corrected chi connectivity index (χ3v) is 4.10. The van der Waals surface area contributed by atoms with Gasteiger partial charge in [-0.2, -0.15) is 0 Å². The van der Waals surface area contributed by atoms with Crippen LogP contribution in [0.5, 0.6) is 0 Å². The lowest BCUT2D eigenvalue weighted by Gasteiger charge is -2.25. The van der Waals surface area contributed by atoms with Crippen molar-refractivity contribution in [2.45, 2.75) is 51.7 Å². The van der Waals surface area contributed by atoms with Crippen molar-refractivity contribution < 1.29 is 9.52 Å². The highest BCUT2D eigenvalue weighted by Gasteiger charge is 2.28. The molecule has 0 unspecified atom stereocenters. The van der Waals surface area contributed by atoms with Gasteiger partial charge < -0.3 is 9.52 Å². The molecule has 5 nitrogen and oxygen atoms in total. The van der Waals surface area contributed by atoms with Crippen LogP contribution in [0.15, 0.2) is 22.8 Å². The fraction of sp³-hybridized carbons (Fsp3) is 0.600. The average Bonchev–Trinajstić information content (AvgIpc) is 3.16. The Morgan fingerprint density at radius 1 is 1.40 bits per heavy atom. The monoisotopic (exact) mass is 275 g/mol. The number of furan rings is 1. The first-order valence-electron chi connectivity index (χ1n) is 7.46. The Bertz CT molecular complexity index is 541. The van der Waals surface area contributed by atoms with Gasteiger partial charge in [0, 0.05) is 6.54 Å². The molecule has 0 saturated heterocycles. The van der Waals surface area contributed by atoms with Crippen LogP contribution < -0.4 is 0 Å². The van der Waals surface area contributed by atoms with Crippen LogP contribution in [0.1, 0.15) is 51.0 Å². The van der Waals surface area contributed by atoms with Crippen molar-refractivity contribution in [1.29, 1.82) is 0 Å². The summed E-state index contributed by atoms with van der Waals surface area (Å²) in [6, 6.07) is 3.66. The van der Waals surface area contributed by atoms with Gasteiger partial charge in [-0.25, -0.2) is 9.67 Å². The number of hydrogen-bond acceptors (Lipinski definition) is 4. The summed E-state index contributed by atoms with van der Waals surface area (Å²) >= 11 is 0. The van der Waals surface area contributed by atoms with Crippen molar-refractivity contribution in [2.75, 3.05) is 0 Å². The minimum absolute atomic E-state index is 0.308. The Kier molecular flexibility index (Phi) is 3.87. The largest absolute Gasteiger partial charge is 0.461 e. The van der Waals surface area contributed by atoms with E-state index in [2.05, 4.69) is 10.1 Å². The second kappa shape index (κ2) is 5.79. The summed E-state index contributed by atoms with van der Waals surface area (Å²) < 4.78 is 7.13. The average molecular weight is 275 g/mol.